The number of rotatable bonds is 6. The van der Waals surface area contributed by atoms with Crippen LogP contribution in [0.2, 0.25) is 0 Å². The number of aromatic nitrogens is 5. The minimum atomic E-state index is 0.514. The molecule has 2 aliphatic rings. The number of fused-ring (bicyclic) bond motifs is 6. The van der Waals surface area contributed by atoms with E-state index in [1.165, 1.54) is 28.8 Å². The Labute approximate surface area is 182 Å². The molecule has 3 heterocycles. The number of ether oxygens (including phenoxy) is 2. The van der Waals surface area contributed by atoms with Crippen LogP contribution >= 0.6 is 11.3 Å². The van der Waals surface area contributed by atoms with Gasteiger partial charge in [0, 0.05) is 22.9 Å². The van der Waals surface area contributed by atoms with E-state index >= 15 is 0 Å². The van der Waals surface area contributed by atoms with E-state index in [1.54, 1.807) is 36.6 Å². The molecule has 8 nitrogen and oxygen atoms in total. The standard InChI is InChI=1S/C22H20N6O2S/c1-29-15-7-6-12(8-16(15)30-2)9-24-20-18-17-13-4-3-5-14(13)19(17)31-21(18)27-22(26-20)28-11-23-10-25-28/h4,6-8,10-11,14H,3,5,9H2,1-2H3,(H,24,26,27). The van der Waals surface area contributed by atoms with Crippen LogP contribution in [0.3, 0.4) is 0 Å². The molecule has 31 heavy (non-hydrogen) atoms. The summed E-state index contributed by atoms with van der Waals surface area (Å²) in [5.41, 5.74) is 3.84. The van der Waals surface area contributed by atoms with E-state index in [4.69, 9.17) is 19.4 Å². The summed E-state index contributed by atoms with van der Waals surface area (Å²) in [5, 5.41) is 8.85. The van der Waals surface area contributed by atoms with Gasteiger partial charge in [0.05, 0.1) is 19.6 Å². The SMILES string of the molecule is COc1ccc(CNc2nc(-n3cncn3)nc3sc4c(c23)C2=CCCC24)cc1OC. The molecule has 1 atom stereocenters. The fraction of sp³-hybridized carbons (Fsp3) is 0.273. The first-order valence-corrected chi connectivity index (χ1v) is 10.9. The third-order valence-corrected chi connectivity index (χ3v) is 7.10. The molecule has 0 saturated heterocycles. The van der Waals surface area contributed by atoms with Gasteiger partial charge in [-0.3, -0.25) is 0 Å². The van der Waals surface area contributed by atoms with Gasteiger partial charge in [-0.25, -0.2) is 4.98 Å². The lowest BCUT2D eigenvalue weighted by atomic mass is 9.80. The van der Waals surface area contributed by atoms with Gasteiger partial charge in [-0.1, -0.05) is 12.1 Å². The molecule has 3 aromatic heterocycles. The largest absolute Gasteiger partial charge is 0.493 e. The molecular formula is C22H20N6O2S. The second-order valence-electron chi connectivity index (χ2n) is 7.57. The lowest BCUT2D eigenvalue weighted by Gasteiger charge is -2.26. The molecule has 0 amide bonds. The molecular weight excluding hydrogens is 412 g/mol. The van der Waals surface area contributed by atoms with Crippen LogP contribution in [0.5, 0.6) is 11.5 Å². The zero-order valence-electron chi connectivity index (χ0n) is 17.1. The Morgan fingerprint density at radius 1 is 1.19 bits per heavy atom. The van der Waals surface area contributed by atoms with Crippen molar-refractivity contribution in [3.63, 3.8) is 0 Å². The molecule has 156 valence electrons. The first-order chi connectivity index (χ1) is 15.3. The minimum Gasteiger partial charge on any atom is -0.493 e. The van der Waals surface area contributed by atoms with Gasteiger partial charge in [0.2, 0.25) is 0 Å². The molecule has 0 bridgehead atoms. The van der Waals surface area contributed by atoms with Crippen LogP contribution in [0.4, 0.5) is 5.82 Å². The van der Waals surface area contributed by atoms with Crippen LogP contribution in [0.1, 0.15) is 34.8 Å². The molecule has 2 aliphatic carbocycles. The lowest BCUT2D eigenvalue weighted by Crippen LogP contribution is -2.11. The predicted octanol–water partition coefficient (Wildman–Crippen LogP) is 4.18. The summed E-state index contributed by atoms with van der Waals surface area (Å²) < 4.78 is 12.4. The van der Waals surface area contributed by atoms with E-state index in [0.717, 1.165) is 28.0 Å². The molecule has 9 heteroatoms. The number of hydrogen-bond donors (Lipinski definition) is 1. The van der Waals surface area contributed by atoms with Gasteiger partial charge < -0.3 is 14.8 Å². The maximum Gasteiger partial charge on any atom is 0.255 e. The van der Waals surface area contributed by atoms with Gasteiger partial charge in [0.25, 0.3) is 5.95 Å². The Kier molecular flexibility index (Phi) is 4.17. The Balaban J connectivity index is 1.42. The number of thiophene rings is 1. The van der Waals surface area contributed by atoms with Crippen molar-refractivity contribution in [2.45, 2.75) is 25.3 Å². The van der Waals surface area contributed by atoms with E-state index in [9.17, 15) is 0 Å². The second kappa shape index (κ2) is 7.05. The first-order valence-electron chi connectivity index (χ1n) is 10.1. The number of nitrogens with zero attached hydrogens (tertiary/aromatic N) is 5. The Bertz CT molecular complexity index is 1330. The van der Waals surface area contributed by atoms with Gasteiger partial charge in [-0.15, -0.1) is 11.3 Å². The zero-order chi connectivity index (χ0) is 20.9. The van der Waals surface area contributed by atoms with Crippen LogP contribution in [-0.2, 0) is 6.54 Å². The summed E-state index contributed by atoms with van der Waals surface area (Å²) in [6, 6.07) is 5.91. The molecule has 1 unspecified atom stereocenters. The monoisotopic (exact) mass is 432 g/mol. The van der Waals surface area contributed by atoms with Crippen molar-refractivity contribution in [1.29, 1.82) is 0 Å². The number of anilines is 1. The predicted molar refractivity (Wildman–Crippen MR) is 119 cm³/mol. The number of methoxy groups -OCH3 is 2. The number of allylic oxidation sites excluding steroid dienone is 2. The third kappa shape index (κ3) is 2.80. The summed E-state index contributed by atoms with van der Waals surface area (Å²) >= 11 is 1.77. The molecule has 1 N–H and O–H groups in total. The highest BCUT2D eigenvalue weighted by Gasteiger charge is 2.39. The van der Waals surface area contributed by atoms with Crippen molar-refractivity contribution in [2.24, 2.45) is 0 Å². The van der Waals surface area contributed by atoms with Crippen LogP contribution < -0.4 is 14.8 Å². The summed E-state index contributed by atoms with van der Waals surface area (Å²) in [5.74, 6) is 3.32. The van der Waals surface area contributed by atoms with Gasteiger partial charge >= 0.3 is 0 Å². The van der Waals surface area contributed by atoms with Crippen molar-refractivity contribution >= 4 is 32.9 Å². The average Bonchev–Trinajstić information content (AvgIpc) is 3.53. The van der Waals surface area contributed by atoms with Crippen LogP contribution in [0.25, 0.3) is 21.7 Å². The van der Waals surface area contributed by atoms with Crippen LogP contribution in [-0.4, -0.2) is 39.0 Å². The van der Waals surface area contributed by atoms with Gasteiger partial charge in [0.1, 0.15) is 23.3 Å². The molecule has 4 aromatic rings. The highest BCUT2D eigenvalue weighted by molar-refractivity contribution is 7.19. The average molecular weight is 433 g/mol. The van der Waals surface area contributed by atoms with Crippen LogP contribution in [0, 0.1) is 0 Å². The topological polar surface area (TPSA) is 87.0 Å². The molecule has 0 saturated carbocycles. The highest BCUT2D eigenvalue weighted by atomic mass is 32.1. The van der Waals surface area contributed by atoms with Crippen molar-refractivity contribution in [3.05, 3.63) is 52.9 Å². The maximum atomic E-state index is 5.44. The number of benzene rings is 1. The third-order valence-electron chi connectivity index (χ3n) is 5.90. The normalized spacial score (nSPS) is 16.5. The van der Waals surface area contributed by atoms with Crippen molar-refractivity contribution < 1.29 is 9.47 Å². The Morgan fingerprint density at radius 3 is 2.90 bits per heavy atom. The van der Waals surface area contributed by atoms with Gasteiger partial charge in [-0.05, 0) is 36.1 Å². The summed E-state index contributed by atoms with van der Waals surface area (Å²) in [7, 11) is 3.28. The summed E-state index contributed by atoms with van der Waals surface area (Å²) in [6.07, 6.45) is 7.82. The molecule has 0 fully saturated rings. The van der Waals surface area contributed by atoms with E-state index in [1.807, 2.05) is 18.2 Å². The number of hydrogen-bond acceptors (Lipinski definition) is 8. The van der Waals surface area contributed by atoms with E-state index in [2.05, 4.69) is 21.5 Å². The Morgan fingerprint density at radius 2 is 2.10 bits per heavy atom. The molecule has 6 rings (SSSR count). The molecule has 0 aliphatic heterocycles. The van der Waals surface area contributed by atoms with E-state index in [-0.39, 0.29) is 0 Å². The van der Waals surface area contributed by atoms with Crippen molar-refractivity contribution in [1.82, 2.24) is 24.7 Å². The van der Waals surface area contributed by atoms with Crippen LogP contribution in [0.15, 0.2) is 36.9 Å². The van der Waals surface area contributed by atoms with E-state index < -0.39 is 0 Å². The molecule has 0 radical (unpaired) electrons. The second-order valence-corrected chi connectivity index (χ2v) is 8.60. The quantitative estimate of drug-likeness (QED) is 0.489. The van der Waals surface area contributed by atoms with Gasteiger partial charge in [0.15, 0.2) is 11.5 Å². The van der Waals surface area contributed by atoms with E-state index in [0.29, 0.717) is 29.9 Å². The number of nitrogens with one attached hydrogen (secondary N) is 1. The Hall–Kier alpha value is -3.46. The molecule has 1 aromatic carbocycles. The summed E-state index contributed by atoms with van der Waals surface area (Å²) in [6.45, 7) is 0.594. The molecule has 0 spiro atoms. The highest BCUT2D eigenvalue weighted by Crippen LogP contribution is 2.59. The smallest absolute Gasteiger partial charge is 0.255 e. The van der Waals surface area contributed by atoms with Crippen molar-refractivity contribution in [3.8, 4) is 17.4 Å². The fourth-order valence-corrected chi connectivity index (χ4v) is 5.78. The van der Waals surface area contributed by atoms with Crippen molar-refractivity contribution in [2.75, 3.05) is 19.5 Å². The van der Waals surface area contributed by atoms with Gasteiger partial charge in [-0.2, -0.15) is 19.7 Å². The maximum absolute atomic E-state index is 5.44. The fourth-order valence-electron chi connectivity index (χ4n) is 4.43. The first kappa shape index (κ1) is 18.3. The minimum absolute atomic E-state index is 0.514. The lowest BCUT2D eigenvalue weighted by molar-refractivity contribution is 0.354. The zero-order valence-corrected chi connectivity index (χ0v) is 17.9. The summed E-state index contributed by atoms with van der Waals surface area (Å²) in [4.78, 5) is 16.1.